The van der Waals surface area contributed by atoms with Crippen molar-refractivity contribution >= 4 is 53.2 Å². The lowest BCUT2D eigenvalue weighted by atomic mass is 9.95. The van der Waals surface area contributed by atoms with Crippen LogP contribution in [-0.2, 0) is 60.7 Å². The van der Waals surface area contributed by atoms with Gasteiger partial charge in [0.2, 0.25) is 47.3 Å². The maximum atomic E-state index is 15.0. The number of aliphatic hydroxyl groups excluding tert-OH is 2. The van der Waals surface area contributed by atoms with Gasteiger partial charge in [-0.15, -0.1) is 0 Å². The van der Waals surface area contributed by atoms with Crippen molar-refractivity contribution in [2.45, 2.75) is 160 Å². The van der Waals surface area contributed by atoms with Crippen LogP contribution in [0.15, 0.2) is 54.6 Å². The van der Waals surface area contributed by atoms with E-state index in [1.807, 2.05) is 0 Å². The summed E-state index contributed by atoms with van der Waals surface area (Å²) in [4.78, 5) is 131. The van der Waals surface area contributed by atoms with Gasteiger partial charge in [-0.1, -0.05) is 70.2 Å². The number of rotatable bonds is 12. The molecule has 3 aliphatic heterocycles. The van der Waals surface area contributed by atoms with E-state index >= 15 is 4.79 Å². The van der Waals surface area contributed by atoms with Gasteiger partial charge in [-0.2, -0.15) is 0 Å². The molecule has 0 saturated carbocycles. The number of piperidine rings is 1. The van der Waals surface area contributed by atoms with E-state index in [1.165, 1.54) is 44.9 Å². The van der Waals surface area contributed by atoms with E-state index in [2.05, 4.69) is 26.6 Å². The number of amides is 8. The molecule has 3 aliphatic rings. The van der Waals surface area contributed by atoms with Crippen LogP contribution in [0.5, 0.6) is 5.75 Å². The number of carbonyl (C=O) groups excluding carboxylic acids is 9. The van der Waals surface area contributed by atoms with Crippen molar-refractivity contribution in [1.82, 2.24) is 41.3 Å². The van der Waals surface area contributed by atoms with Crippen LogP contribution in [0.1, 0.15) is 91.7 Å². The lowest BCUT2D eigenvalue weighted by Gasteiger charge is -2.43. The molecule has 21 nitrogen and oxygen atoms in total. The van der Waals surface area contributed by atoms with Gasteiger partial charge < -0.3 is 61.3 Å². The molecular weight excluding hydrogens is 921 g/mol. The number of fused-ring (bicyclic) bond motifs is 2. The van der Waals surface area contributed by atoms with Crippen LogP contribution in [-0.4, -0.2) is 164 Å². The smallest absolute Gasteiger partial charge is 0.329 e. The maximum absolute atomic E-state index is 15.0. The highest BCUT2D eigenvalue weighted by atomic mass is 16.5. The molecule has 5 rings (SSSR count). The molecular formula is C50H70N8O13. The van der Waals surface area contributed by atoms with Gasteiger partial charge in [0.25, 0.3) is 0 Å². The molecule has 2 aromatic carbocycles. The van der Waals surface area contributed by atoms with Crippen LogP contribution in [0.25, 0.3) is 0 Å². The molecule has 11 atom stereocenters. The molecule has 2 bridgehead atoms. The molecule has 388 valence electrons. The Kier molecular flexibility index (Phi) is 19.1. The second-order valence-electron chi connectivity index (χ2n) is 19.6. The van der Waals surface area contributed by atoms with Crippen LogP contribution in [0.3, 0.4) is 0 Å². The third-order valence-corrected chi connectivity index (χ3v) is 13.2. The first-order chi connectivity index (χ1) is 33.5. The summed E-state index contributed by atoms with van der Waals surface area (Å²) in [6.07, 6.45) is -4.19. The summed E-state index contributed by atoms with van der Waals surface area (Å²) in [6, 6.07) is 3.24. The fraction of sp³-hybridized carbons (Fsp3) is 0.580. The molecule has 0 unspecified atom stereocenters. The Morgan fingerprint density at radius 1 is 0.803 bits per heavy atom. The van der Waals surface area contributed by atoms with Gasteiger partial charge in [0.05, 0.1) is 6.10 Å². The van der Waals surface area contributed by atoms with E-state index in [0.717, 1.165) is 9.80 Å². The SMILES string of the molecule is CC(=O)N1CCC[C@@H]1C(=O)N[C@H](C(=O)N[C@@H]1C(=O)N[C@@H](CC(C)C)C(=O)N[C@H]2CC[C@@H](O)N(C2=O)[C@@H](Cc2ccccc2)C(=O)N(C)[C@@H](Cc2ccc(O)cc2)C(=O)N[C@@H](C(C)C)C(=O)O[C@H]1C)[C@@H](C)O. The van der Waals surface area contributed by atoms with Crippen molar-refractivity contribution in [2.24, 2.45) is 11.8 Å². The van der Waals surface area contributed by atoms with Crippen LogP contribution in [0.2, 0.25) is 0 Å². The number of hydrogen-bond acceptors (Lipinski definition) is 13. The minimum atomic E-state index is -1.82. The van der Waals surface area contributed by atoms with Crippen molar-refractivity contribution < 1.29 is 63.2 Å². The van der Waals surface area contributed by atoms with Gasteiger partial charge >= 0.3 is 5.97 Å². The van der Waals surface area contributed by atoms with Crippen molar-refractivity contribution in [1.29, 1.82) is 0 Å². The Balaban J connectivity index is 1.59. The molecule has 8 amide bonds. The number of aliphatic hydroxyl groups is 2. The van der Waals surface area contributed by atoms with Gasteiger partial charge in [0.15, 0.2) is 0 Å². The first kappa shape index (κ1) is 55.3. The topological polar surface area (TPSA) is 293 Å². The zero-order valence-corrected chi connectivity index (χ0v) is 41.6. The van der Waals surface area contributed by atoms with Gasteiger partial charge in [-0.3, -0.25) is 38.4 Å². The van der Waals surface area contributed by atoms with E-state index in [0.29, 0.717) is 30.5 Å². The summed E-state index contributed by atoms with van der Waals surface area (Å²) < 4.78 is 5.88. The number of nitrogens with one attached hydrogen (secondary N) is 5. The molecule has 0 aliphatic carbocycles. The van der Waals surface area contributed by atoms with Gasteiger partial charge in [0.1, 0.15) is 66.4 Å². The van der Waals surface area contributed by atoms with E-state index in [1.54, 1.807) is 70.2 Å². The highest BCUT2D eigenvalue weighted by Gasteiger charge is 2.46. The summed E-state index contributed by atoms with van der Waals surface area (Å²) in [5.74, 6) is -8.45. The monoisotopic (exact) mass is 991 g/mol. The van der Waals surface area contributed by atoms with Crippen LogP contribution in [0, 0.1) is 11.8 Å². The van der Waals surface area contributed by atoms with Crippen molar-refractivity contribution in [3.63, 3.8) is 0 Å². The predicted molar refractivity (Wildman–Crippen MR) is 256 cm³/mol. The standard InChI is InChI=1S/C50H70N8O13/c1-26(2)23-35-43(63)51-34-20-21-39(62)58(48(34)68)38(25-31-13-10-9-11-14-31)49(69)56(8)37(24-32-16-18-33(61)19-17-32)45(65)53-40(27(3)4)50(70)71-29(6)42(47(67)52-35)55-46(66)41(28(5)59)54-44(64)36-15-12-22-57(36)30(7)60/h9-11,13-14,16-19,26-29,34-42,59,61-62H,12,15,20-25H2,1-8H3,(H,51,63)(H,52,67)(H,53,65)(H,54,64)(H,55,66)/t28-,29+,34+,35+,36-,37+,38+,39-,40+,41+,42+/m1/s1. The molecule has 3 heterocycles. The molecule has 8 N–H and O–H groups in total. The number of carbonyl (C=O) groups is 9. The van der Waals surface area contributed by atoms with Crippen molar-refractivity contribution in [3.8, 4) is 5.75 Å². The minimum absolute atomic E-state index is 0.00381. The minimum Gasteiger partial charge on any atom is -0.508 e. The molecule has 2 aromatic rings. The molecule has 3 fully saturated rings. The zero-order valence-electron chi connectivity index (χ0n) is 41.6. The largest absolute Gasteiger partial charge is 0.508 e. The normalized spacial score (nSPS) is 27.1. The molecule has 21 heteroatoms. The summed E-state index contributed by atoms with van der Waals surface area (Å²) in [6.45, 7) is 10.9. The Bertz CT molecular complexity index is 2260. The highest BCUT2D eigenvalue weighted by Crippen LogP contribution is 2.26. The number of aromatic hydroxyl groups is 1. The third kappa shape index (κ3) is 14.1. The quantitative estimate of drug-likeness (QED) is 0.128. The lowest BCUT2D eigenvalue weighted by molar-refractivity contribution is -0.165. The fourth-order valence-corrected chi connectivity index (χ4v) is 9.21. The number of likely N-dealkylation sites (N-methyl/N-ethyl adjacent to an activating group) is 1. The van der Waals surface area contributed by atoms with E-state index < -0.39 is 120 Å². The number of phenolic OH excluding ortho intramolecular Hbond substituents is 1. The van der Waals surface area contributed by atoms with Gasteiger partial charge in [0, 0.05) is 33.4 Å². The first-order valence-corrected chi connectivity index (χ1v) is 24.2. The second kappa shape index (κ2) is 24.5. The van der Waals surface area contributed by atoms with E-state index in [4.69, 9.17) is 4.74 Å². The van der Waals surface area contributed by atoms with Gasteiger partial charge in [-0.25, -0.2) is 4.79 Å². The summed E-state index contributed by atoms with van der Waals surface area (Å²) in [5.41, 5.74) is 1.11. The number of hydrogen-bond donors (Lipinski definition) is 8. The first-order valence-electron chi connectivity index (χ1n) is 24.2. The highest BCUT2D eigenvalue weighted by molar-refractivity contribution is 5.99. The van der Waals surface area contributed by atoms with E-state index in [9.17, 15) is 53.7 Å². The number of phenols is 1. The van der Waals surface area contributed by atoms with Crippen LogP contribution >= 0.6 is 0 Å². The number of cyclic esters (lactones) is 1. The average Bonchev–Trinajstić information content (AvgIpc) is 3.82. The maximum Gasteiger partial charge on any atom is 0.329 e. The van der Waals surface area contributed by atoms with Gasteiger partial charge in [-0.05, 0) is 81.0 Å². The lowest BCUT2D eigenvalue weighted by Crippen LogP contribution is -2.65. The Labute approximate surface area is 413 Å². The van der Waals surface area contributed by atoms with Crippen molar-refractivity contribution in [3.05, 3.63) is 65.7 Å². The Hall–Kier alpha value is -6.61. The second-order valence-corrected chi connectivity index (χ2v) is 19.6. The number of likely N-dealkylation sites (tertiary alicyclic amines) is 1. The predicted octanol–water partition coefficient (Wildman–Crippen LogP) is -0.223. The van der Waals surface area contributed by atoms with Crippen molar-refractivity contribution in [2.75, 3.05) is 13.6 Å². The Morgan fingerprint density at radius 2 is 1.44 bits per heavy atom. The summed E-state index contributed by atoms with van der Waals surface area (Å²) in [5, 5.41) is 45.5. The molecule has 0 aromatic heterocycles. The zero-order chi connectivity index (χ0) is 52.4. The summed E-state index contributed by atoms with van der Waals surface area (Å²) >= 11 is 0. The number of benzene rings is 2. The van der Waals surface area contributed by atoms with Crippen LogP contribution in [0.4, 0.5) is 0 Å². The van der Waals surface area contributed by atoms with E-state index in [-0.39, 0.29) is 49.7 Å². The average molecular weight is 991 g/mol. The number of nitrogens with zero attached hydrogens (tertiary/aromatic N) is 3. The third-order valence-electron chi connectivity index (χ3n) is 13.2. The molecule has 0 spiro atoms. The number of esters is 1. The fourth-order valence-electron chi connectivity index (χ4n) is 9.21. The molecule has 71 heavy (non-hydrogen) atoms. The van der Waals surface area contributed by atoms with Crippen LogP contribution < -0.4 is 26.6 Å². The molecule has 3 saturated heterocycles. The number of ether oxygens (including phenoxy) is 1. The molecule has 0 radical (unpaired) electrons. The Morgan fingerprint density at radius 3 is 2.04 bits per heavy atom. The summed E-state index contributed by atoms with van der Waals surface area (Å²) in [7, 11) is 1.36.